The van der Waals surface area contributed by atoms with Gasteiger partial charge in [0.1, 0.15) is 24.7 Å². The van der Waals surface area contributed by atoms with E-state index in [1.165, 1.54) is 12.1 Å². The van der Waals surface area contributed by atoms with Gasteiger partial charge in [-0.15, -0.1) is 0 Å². The number of ether oxygens (including phenoxy) is 2. The number of aryl methyl sites for hydroxylation is 1. The molecule has 1 amide bonds. The van der Waals surface area contributed by atoms with E-state index >= 15 is 0 Å². The van der Waals surface area contributed by atoms with Crippen molar-refractivity contribution in [2.75, 3.05) is 18.5 Å². The Morgan fingerprint density at radius 2 is 1.91 bits per heavy atom. The second-order valence-corrected chi connectivity index (χ2v) is 9.20. The fourth-order valence-electron chi connectivity index (χ4n) is 4.49. The van der Waals surface area contributed by atoms with Crippen molar-refractivity contribution in [3.63, 3.8) is 0 Å². The molecular weight excluding hydrogens is 460 g/mol. The van der Waals surface area contributed by atoms with E-state index in [1.807, 2.05) is 6.92 Å². The lowest BCUT2D eigenvalue weighted by Gasteiger charge is -2.39. The predicted octanol–water partition coefficient (Wildman–Crippen LogP) is 4.37. The van der Waals surface area contributed by atoms with Gasteiger partial charge < -0.3 is 20.1 Å². The van der Waals surface area contributed by atoms with Crippen molar-refractivity contribution in [3.05, 3.63) is 52.2 Å². The molecule has 11 heteroatoms. The Kier molecular flexibility index (Phi) is 7.66. The third kappa shape index (κ3) is 5.61. The number of hydrogen-bond donors (Lipinski definition) is 2. The highest BCUT2D eigenvalue weighted by Gasteiger charge is 2.35. The highest BCUT2D eigenvalue weighted by atomic mass is 19.3. The van der Waals surface area contributed by atoms with Crippen LogP contribution in [0.5, 0.6) is 0 Å². The summed E-state index contributed by atoms with van der Waals surface area (Å²) in [6.07, 6.45) is -0.838. The molecule has 1 radical (unpaired) electrons. The third-order valence-electron chi connectivity index (χ3n) is 6.47. The Balaban J connectivity index is 1.68. The molecule has 1 unspecified atom stereocenters. The molecule has 1 saturated carbocycles. The number of rotatable bonds is 9. The average Bonchev–Trinajstić information content (AvgIpc) is 3.30. The van der Waals surface area contributed by atoms with Crippen LogP contribution in [0.15, 0.2) is 18.2 Å². The van der Waals surface area contributed by atoms with Crippen LogP contribution in [0.2, 0.25) is 6.82 Å². The molecule has 1 aromatic heterocycles. The summed E-state index contributed by atoms with van der Waals surface area (Å²) in [5.41, 5.74) is 0.0526. The van der Waals surface area contributed by atoms with Crippen LogP contribution in [-0.2, 0) is 20.7 Å². The molecule has 0 spiro atoms. The number of benzene rings is 1. The number of carbonyl (C=O) groups is 1. The van der Waals surface area contributed by atoms with Crippen LogP contribution < -0.4 is 10.6 Å². The molecule has 187 valence electrons. The van der Waals surface area contributed by atoms with E-state index in [0.29, 0.717) is 36.1 Å². The molecule has 0 bridgehead atoms. The highest BCUT2D eigenvalue weighted by Crippen LogP contribution is 2.35. The molecule has 4 rings (SSSR count). The summed E-state index contributed by atoms with van der Waals surface area (Å²) in [7, 11) is 1.65. The van der Waals surface area contributed by atoms with Gasteiger partial charge in [-0.05, 0) is 33.1 Å². The lowest BCUT2D eigenvalue weighted by molar-refractivity contribution is -0.123. The predicted molar refractivity (Wildman–Crippen MR) is 125 cm³/mol. The van der Waals surface area contributed by atoms with E-state index in [9.17, 15) is 18.0 Å². The zero-order valence-electron chi connectivity index (χ0n) is 20.0. The smallest absolute Gasteiger partial charge is 0.266 e. The SMILES string of the molecule is C[B]C(Nc1nc(C)nc(CC(=O)NC2(C)CCC2)c1C1OCCO1)c1cccc(C(F)F)c1F. The van der Waals surface area contributed by atoms with Gasteiger partial charge >= 0.3 is 0 Å². The fraction of sp³-hybridized carbons (Fsp3) is 0.542. The van der Waals surface area contributed by atoms with Gasteiger partial charge in [-0.3, -0.25) is 4.79 Å². The summed E-state index contributed by atoms with van der Waals surface area (Å²) in [5, 5.41) is 6.21. The third-order valence-corrected chi connectivity index (χ3v) is 6.47. The number of hydrogen-bond acceptors (Lipinski definition) is 6. The van der Waals surface area contributed by atoms with Gasteiger partial charge in [0, 0.05) is 17.0 Å². The van der Waals surface area contributed by atoms with Crippen LogP contribution in [0.1, 0.15) is 73.1 Å². The van der Waals surface area contributed by atoms with E-state index in [1.54, 1.807) is 21.0 Å². The number of amides is 1. The van der Waals surface area contributed by atoms with Gasteiger partial charge in [-0.25, -0.2) is 23.1 Å². The standard InChI is InChI=1S/C24H29BF3N4O3/c1-13-29-16(12-17(33)32-24(2)8-5-9-24)18(23-34-10-11-35-23)22(30-13)31-20(25-3)14-6-4-7-15(19(14)26)21(27)28/h4,6-7,20-21,23H,5,8-12H2,1-3H3,(H,32,33)(H,29,30,31). The average molecular weight is 489 g/mol. The number of aromatic nitrogens is 2. The summed E-state index contributed by atoms with van der Waals surface area (Å²) in [6, 6.07) is 3.91. The van der Waals surface area contributed by atoms with Crippen LogP contribution in [0, 0.1) is 12.7 Å². The number of anilines is 1. The van der Waals surface area contributed by atoms with E-state index in [4.69, 9.17) is 9.47 Å². The minimum atomic E-state index is -2.94. The normalized spacial score (nSPS) is 18.3. The molecular formula is C24H29BF3N4O3. The Labute approximate surface area is 203 Å². The molecule has 1 aromatic carbocycles. The molecule has 1 aliphatic carbocycles. The van der Waals surface area contributed by atoms with Crippen molar-refractivity contribution < 1.29 is 27.4 Å². The Bertz CT molecular complexity index is 1080. The fourth-order valence-corrected chi connectivity index (χ4v) is 4.49. The number of alkyl halides is 2. The Hall–Kier alpha value is -2.66. The van der Waals surface area contributed by atoms with Crippen LogP contribution >= 0.6 is 0 Å². The lowest BCUT2D eigenvalue weighted by Crippen LogP contribution is -2.51. The first-order valence-corrected chi connectivity index (χ1v) is 11.7. The van der Waals surface area contributed by atoms with Crippen molar-refractivity contribution in [1.82, 2.24) is 15.3 Å². The van der Waals surface area contributed by atoms with Crippen molar-refractivity contribution in [1.29, 1.82) is 0 Å². The van der Waals surface area contributed by atoms with E-state index in [0.717, 1.165) is 25.3 Å². The summed E-state index contributed by atoms with van der Waals surface area (Å²) in [6.45, 7) is 6.10. The van der Waals surface area contributed by atoms with Crippen LogP contribution in [-0.4, -0.2) is 41.9 Å². The summed E-state index contributed by atoms with van der Waals surface area (Å²) >= 11 is 0. The van der Waals surface area contributed by atoms with Crippen molar-refractivity contribution >= 4 is 19.0 Å². The topological polar surface area (TPSA) is 85.4 Å². The Morgan fingerprint density at radius 1 is 1.23 bits per heavy atom. The van der Waals surface area contributed by atoms with Crippen molar-refractivity contribution in [2.24, 2.45) is 0 Å². The van der Waals surface area contributed by atoms with Crippen LogP contribution in [0.25, 0.3) is 0 Å². The van der Waals surface area contributed by atoms with Gasteiger partial charge in [0.05, 0.1) is 36.5 Å². The Morgan fingerprint density at radius 3 is 2.51 bits per heavy atom. The second kappa shape index (κ2) is 10.5. The molecule has 7 nitrogen and oxygen atoms in total. The van der Waals surface area contributed by atoms with Gasteiger partial charge in [-0.1, -0.05) is 25.0 Å². The van der Waals surface area contributed by atoms with E-state index < -0.39 is 30.0 Å². The highest BCUT2D eigenvalue weighted by molar-refractivity contribution is 6.36. The monoisotopic (exact) mass is 489 g/mol. The van der Waals surface area contributed by atoms with E-state index in [-0.39, 0.29) is 23.4 Å². The van der Waals surface area contributed by atoms with Crippen LogP contribution in [0.3, 0.4) is 0 Å². The maximum absolute atomic E-state index is 14.9. The molecule has 2 heterocycles. The first-order valence-electron chi connectivity index (χ1n) is 11.7. The maximum atomic E-state index is 14.9. The molecule has 2 aromatic rings. The second-order valence-electron chi connectivity index (χ2n) is 9.20. The van der Waals surface area contributed by atoms with Crippen molar-refractivity contribution in [2.45, 2.75) is 70.5 Å². The summed E-state index contributed by atoms with van der Waals surface area (Å²) in [4.78, 5) is 21.8. The molecule has 2 aliphatic rings. The van der Waals surface area contributed by atoms with Crippen LogP contribution in [0.4, 0.5) is 19.0 Å². The zero-order chi connectivity index (χ0) is 25.2. The first-order chi connectivity index (χ1) is 16.7. The lowest BCUT2D eigenvalue weighted by atomic mass is 9.68. The number of nitrogens with zero attached hydrogens (tertiary/aromatic N) is 2. The largest absolute Gasteiger partial charge is 0.370 e. The minimum Gasteiger partial charge on any atom is -0.370 e. The van der Waals surface area contributed by atoms with Gasteiger partial charge in [0.2, 0.25) is 5.91 Å². The molecule has 35 heavy (non-hydrogen) atoms. The number of halogens is 3. The zero-order valence-corrected chi connectivity index (χ0v) is 20.0. The summed E-state index contributed by atoms with van der Waals surface area (Å²) in [5.74, 6) is -1.24. The minimum absolute atomic E-state index is 0.0120. The maximum Gasteiger partial charge on any atom is 0.266 e. The first kappa shape index (κ1) is 25.4. The van der Waals surface area contributed by atoms with Gasteiger partial charge in [0.15, 0.2) is 6.29 Å². The molecule has 2 N–H and O–H groups in total. The molecule has 2 fully saturated rings. The molecule has 1 aliphatic heterocycles. The van der Waals surface area contributed by atoms with Gasteiger partial charge in [0.25, 0.3) is 6.43 Å². The quantitative estimate of drug-likeness (QED) is 0.509. The number of carbonyl (C=O) groups excluding carboxylic acids is 1. The van der Waals surface area contributed by atoms with Crippen molar-refractivity contribution in [3.8, 4) is 0 Å². The number of nitrogens with one attached hydrogen (secondary N) is 2. The summed E-state index contributed by atoms with van der Waals surface area (Å²) < 4.78 is 52.9. The van der Waals surface area contributed by atoms with E-state index in [2.05, 4.69) is 20.6 Å². The molecule has 1 saturated heterocycles. The van der Waals surface area contributed by atoms with Gasteiger partial charge in [-0.2, -0.15) is 0 Å². The molecule has 1 atom stereocenters.